The smallest absolute Gasteiger partial charge is 0.178 e. The lowest BCUT2D eigenvalue weighted by atomic mass is 10.4. The predicted octanol–water partition coefficient (Wildman–Crippen LogP) is -0.718. The van der Waals surface area contributed by atoms with E-state index in [-0.39, 0.29) is 11.4 Å². The van der Waals surface area contributed by atoms with Gasteiger partial charge in [-0.2, -0.15) is 5.10 Å². The molecule has 6 heteroatoms. The molecule has 0 aromatic carbocycles. The first-order chi connectivity index (χ1) is 5.46. The first kappa shape index (κ1) is 9.21. The number of aromatic nitrogens is 2. The van der Waals surface area contributed by atoms with Crippen LogP contribution in [0.5, 0.6) is 0 Å². The van der Waals surface area contributed by atoms with Crippen LogP contribution in [0, 0.1) is 0 Å². The molecule has 0 radical (unpaired) electrons. The number of sulfone groups is 1. The van der Waals surface area contributed by atoms with Gasteiger partial charge in [-0.1, -0.05) is 0 Å². The molecule has 0 saturated heterocycles. The van der Waals surface area contributed by atoms with E-state index in [9.17, 15) is 8.42 Å². The molecule has 0 aliphatic carbocycles. The predicted molar refractivity (Wildman–Crippen MR) is 44.2 cm³/mol. The molecule has 1 heterocycles. The third kappa shape index (κ3) is 1.49. The van der Waals surface area contributed by atoms with E-state index in [1.54, 1.807) is 7.05 Å². The van der Waals surface area contributed by atoms with E-state index in [4.69, 9.17) is 5.73 Å². The summed E-state index contributed by atoms with van der Waals surface area (Å²) in [4.78, 5) is 0.215. The molecule has 12 heavy (non-hydrogen) atoms. The van der Waals surface area contributed by atoms with Gasteiger partial charge in [-0.25, -0.2) is 8.42 Å². The highest BCUT2D eigenvalue weighted by Gasteiger charge is 2.15. The molecule has 0 unspecified atom stereocenters. The number of nitrogens with two attached hydrogens (primary N) is 1. The van der Waals surface area contributed by atoms with E-state index < -0.39 is 9.84 Å². The van der Waals surface area contributed by atoms with Crippen molar-refractivity contribution >= 4 is 9.84 Å². The van der Waals surface area contributed by atoms with Gasteiger partial charge in [-0.05, 0) is 0 Å². The minimum Gasteiger partial charge on any atom is -0.325 e. The van der Waals surface area contributed by atoms with E-state index in [0.29, 0.717) is 5.69 Å². The second-order valence-corrected chi connectivity index (χ2v) is 4.54. The van der Waals surface area contributed by atoms with Crippen molar-refractivity contribution in [3.8, 4) is 0 Å². The molecule has 2 N–H and O–H groups in total. The molecule has 5 nitrogen and oxygen atoms in total. The molecule has 0 saturated carbocycles. The van der Waals surface area contributed by atoms with E-state index in [2.05, 4.69) is 5.10 Å². The molecular formula is C6H11N3O2S. The number of nitrogens with zero attached hydrogens (tertiary/aromatic N) is 2. The maximum atomic E-state index is 11.1. The molecule has 1 aromatic rings. The number of hydrogen-bond acceptors (Lipinski definition) is 4. The minimum absolute atomic E-state index is 0.179. The SMILES string of the molecule is Cn1ncc(S(C)(=O)=O)c1CN. The average molecular weight is 189 g/mol. The fraction of sp³-hybridized carbons (Fsp3) is 0.500. The normalized spacial score (nSPS) is 11.9. The van der Waals surface area contributed by atoms with Gasteiger partial charge in [0, 0.05) is 19.8 Å². The van der Waals surface area contributed by atoms with Gasteiger partial charge in [-0.15, -0.1) is 0 Å². The summed E-state index contributed by atoms with van der Waals surface area (Å²) in [6, 6.07) is 0. The molecule has 0 amide bonds. The summed E-state index contributed by atoms with van der Waals surface area (Å²) in [5, 5.41) is 3.81. The topological polar surface area (TPSA) is 78.0 Å². The zero-order chi connectivity index (χ0) is 9.35. The Hall–Kier alpha value is -0.880. The van der Waals surface area contributed by atoms with Crippen LogP contribution in [-0.2, 0) is 23.4 Å². The highest BCUT2D eigenvalue weighted by molar-refractivity contribution is 7.90. The van der Waals surface area contributed by atoms with Crippen LogP contribution in [0.3, 0.4) is 0 Å². The largest absolute Gasteiger partial charge is 0.325 e. The molecule has 0 spiro atoms. The lowest BCUT2D eigenvalue weighted by molar-refractivity contribution is 0.599. The summed E-state index contributed by atoms with van der Waals surface area (Å²) in [5.74, 6) is 0. The maximum absolute atomic E-state index is 11.1. The number of hydrogen-bond donors (Lipinski definition) is 1. The Morgan fingerprint density at radius 3 is 2.58 bits per heavy atom. The Morgan fingerprint density at radius 1 is 1.67 bits per heavy atom. The second kappa shape index (κ2) is 2.87. The Labute approximate surface area is 71.1 Å². The average Bonchev–Trinajstić information content (AvgIpc) is 2.29. The Kier molecular flexibility index (Phi) is 2.20. The minimum atomic E-state index is -3.19. The molecule has 0 aliphatic heterocycles. The summed E-state index contributed by atoms with van der Waals surface area (Å²) in [6.07, 6.45) is 2.46. The Morgan fingerprint density at radius 2 is 2.25 bits per heavy atom. The standard InChI is InChI=1S/C6H11N3O2S/c1-9-5(3-7)6(4-8-9)12(2,10)11/h4H,3,7H2,1-2H3. The fourth-order valence-electron chi connectivity index (χ4n) is 0.985. The van der Waals surface area contributed by atoms with Crippen LogP contribution in [0.1, 0.15) is 5.69 Å². The third-order valence-corrected chi connectivity index (χ3v) is 2.76. The van der Waals surface area contributed by atoms with Crippen molar-refractivity contribution in [2.75, 3.05) is 6.26 Å². The van der Waals surface area contributed by atoms with Gasteiger partial charge in [0.05, 0.1) is 11.9 Å². The lowest BCUT2D eigenvalue weighted by Gasteiger charge is -1.99. The van der Waals surface area contributed by atoms with Crippen LogP contribution in [0.4, 0.5) is 0 Å². The molecule has 0 fully saturated rings. The van der Waals surface area contributed by atoms with Gasteiger partial charge in [0.25, 0.3) is 0 Å². The number of rotatable bonds is 2. The van der Waals surface area contributed by atoms with Crippen molar-refractivity contribution in [1.29, 1.82) is 0 Å². The van der Waals surface area contributed by atoms with Gasteiger partial charge in [-0.3, -0.25) is 4.68 Å². The second-order valence-electron chi connectivity index (χ2n) is 2.56. The van der Waals surface area contributed by atoms with Crippen LogP contribution < -0.4 is 5.73 Å². The number of aryl methyl sites for hydroxylation is 1. The summed E-state index contributed by atoms with van der Waals surface area (Å²) in [5.41, 5.74) is 5.91. The summed E-state index contributed by atoms with van der Waals surface area (Å²) in [6.45, 7) is 0.179. The van der Waals surface area contributed by atoms with Crippen LogP contribution in [-0.4, -0.2) is 24.5 Å². The van der Waals surface area contributed by atoms with Gasteiger partial charge < -0.3 is 5.73 Å². The van der Waals surface area contributed by atoms with Gasteiger partial charge >= 0.3 is 0 Å². The van der Waals surface area contributed by atoms with Crippen molar-refractivity contribution in [2.24, 2.45) is 12.8 Å². The molecule has 68 valence electrons. The van der Waals surface area contributed by atoms with Gasteiger partial charge in [0.1, 0.15) is 4.90 Å². The quantitative estimate of drug-likeness (QED) is 0.666. The van der Waals surface area contributed by atoms with E-state index in [0.717, 1.165) is 6.26 Å². The van der Waals surface area contributed by atoms with E-state index >= 15 is 0 Å². The Balaban J connectivity index is 3.36. The van der Waals surface area contributed by atoms with Crippen LogP contribution in [0.25, 0.3) is 0 Å². The first-order valence-electron chi connectivity index (χ1n) is 3.38. The van der Waals surface area contributed by atoms with Gasteiger partial charge in [0.2, 0.25) is 0 Å². The molecule has 0 atom stereocenters. The van der Waals surface area contributed by atoms with Crippen molar-refractivity contribution < 1.29 is 8.42 Å². The van der Waals surface area contributed by atoms with Crippen LogP contribution in [0.15, 0.2) is 11.1 Å². The molecule has 0 bridgehead atoms. The van der Waals surface area contributed by atoms with Crippen molar-refractivity contribution in [3.63, 3.8) is 0 Å². The molecule has 0 aliphatic rings. The summed E-state index contributed by atoms with van der Waals surface area (Å²) >= 11 is 0. The van der Waals surface area contributed by atoms with Gasteiger partial charge in [0.15, 0.2) is 9.84 Å². The highest BCUT2D eigenvalue weighted by atomic mass is 32.2. The zero-order valence-corrected chi connectivity index (χ0v) is 7.80. The first-order valence-corrected chi connectivity index (χ1v) is 5.27. The van der Waals surface area contributed by atoms with Crippen molar-refractivity contribution in [2.45, 2.75) is 11.4 Å². The molecular weight excluding hydrogens is 178 g/mol. The summed E-state index contributed by atoms with van der Waals surface area (Å²) < 4.78 is 23.7. The fourth-order valence-corrected chi connectivity index (χ4v) is 1.87. The monoisotopic (exact) mass is 189 g/mol. The lowest BCUT2D eigenvalue weighted by Crippen LogP contribution is -2.09. The van der Waals surface area contributed by atoms with E-state index in [1.807, 2.05) is 0 Å². The zero-order valence-electron chi connectivity index (χ0n) is 6.98. The Bertz CT molecular complexity index is 379. The molecule has 1 aromatic heterocycles. The van der Waals surface area contributed by atoms with Crippen molar-refractivity contribution in [3.05, 3.63) is 11.9 Å². The maximum Gasteiger partial charge on any atom is 0.178 e. The molecule has 1 rings (SSSR count). The van der Waals surface area contributed by atoms with Crippen LogP contribution in [0.2, 0.25) is 0 Å². The van der Waals surface area contributed by atoms with E-state index in [1.165, 1.54) is 10.9 Å². The highest BCUT2D eigenvalue weighted by Crippen LogP contribution is 2.12. The third-order valence-electron chi connectivity index (χ3n) is 1.62. The van der Waals surface area contributed by atoms with Crippen molar-refractivity contribution in [1.82, 2.24) is 9.78 Å². The van der Waals surface area contributed by atoms with Crippen LogP contribution >= 0.6 is 0 Å². The summed E-state index contributed by atoms with van der Waals surface area (Å²) in [7, 11) is -1.52.